The number of sulfone groups is 1. The molecule has 0 heterocycles. The predicted octanol–water partition coefficient (Wildman–Crippen LogP) is 3.23. The van der Waals surface area contributed by atoms with Gasteiger partial charge in [0.1, 0.15) is 5.75 Å². The molecule has 6 heteroatoms. The number of nitrogens with one attached hydrogen (secondary N) is 1. The molecule has 0 saturated carbocycles. The van der Waals surface area contributed by atoms with E-state index in [2.05, 4.69) is 5.32 Å². The van der Waals surface area contributed by atoms with Crippen molar-refractivity contribution in [3.05, 3.63) is 59.7 Å². The molecule has 0 aliphatic rings. The Morgan fingerprint density at radius 2 is 1.72 bits per heavy atom. The second kappa shape index (κ2) is 7.70. The maximum Gasteiger partial charge on any atom is 0.251 e. The normalized spacial score (nSPS) is 12.7. The molecule has 1 N–H and O–H groups in total. The molecule has 0 fully saturated rings. The summed E-state index contributed by atoms with van der Waals surface area (Å²) >= 11 is 0. The van der Waals surface area contributed by atoms with Crippen molar-refractivity contribution in [1.29, 1.82) is 0 Å². The Kier molecular flexibility index (Phi) is 5.85. The topological polar surface area (TPSA) is 72.5 Å². The number of carbonyl (C=O) groups excluding carboxylic acids is 1. The van der Waals surface area contributed by atoms with Gasteiger partial charge in [0.15, 0.2) is 9.84 Å². The molecule has 25 heavy (non-hydrogen) atoms. The summed E-state index contributed by atoms with van der Waals surface area (Å²) in [5.74, 6) is 0.605. The van der Waals surface area contributed by atoms with Crippen molar-refractivity contribution in [2.45, 2.75) is 24.8 Å². The number of hydrogen-bond acceptors (Lipinski definition) is 4. The average molecular weight is 361 g/mol. The van der Waals surface area contributed by atoms with Crippen molar-refractivity contribution < 1.29 is 17.9 Å². The number of ether oxygens (including phenoxy) is 1. The molecule has 2 rings (SSSR count). The minimum Gasteiger partial charge on any atom is -0.497 e. The number of carbonyl (C=O) groups is 1. The maximum absolute atomic E-state index is 12.6. The zero-order valence-corrected chi connectivity index (χ0v) is 15.6. The Morgan fingerprint density at radius 3 is 2.24 bits per heavy atom. The largest absolute Gasteiger partial charge is 0.497 e. The quantitative estimate of drug-likeness (QED) is 0.857. The zero-order chi connectivity index (χ0) is 18.6. The first-order chi connectivity index (χ1) is 11.7. The zero-order valence-electron chi connectivity index (χ0n) is 14.8. The van der Waals surface area contributed by atoms with Gasteiger partial charge in [-0.2, -0.15) is 0 Å². The molecule has 2 aromatic carbocycles. The van der Waals surface area contributed by atoms with Crippen LogP contribution in [0.25, 0.3) is 0 Å². The molecule has 1 unspecified atom stereocenters. The third-order valence-corrected chi connectivity index (χ3v) is 5.06. The van der Waals surface area contributed by atoms with E-state index in [0.717, 1.165) is 17.6 Å². The van der Waals surface area contributed by atoms with Gasteiger partial charge in [-0.25, -0.2) is 8.42 Å². The van der Waals surface area contributed by atoms with Crippen LogP contribution in [-0.4, -0.2) is 27.7 Å². The molecule has 0 aliphatic carbocycles. The van der Waals surface area contributed by atoms with Crippen LogP contribution in [-0.2, 0) is 9.84 Å². The summed E-state index contributed by atoms with van der Waals surface area (Å²) in [6.45, 7) is 4.03. The lowest BCUT2D eigenvalue weighted by Crippen LogP contribution is -2.31. The second-order valence-electron chi connectivity index (χ2n) is 6.27. The van der Waals surface area contributed by atoms with E-state index in [-0.39, 0.29) is 22.8 Å². The van der Waals surface area contributed by atoms with Gasteiger partial charge in [0.2, 0.25) is 0 Å². The minimum atomic E-state index is -3.36. The smallest absolute Gasteiger partial charge is 0.251 e. The summed E-state index contributed by atoms with van der Waals surface area (Å²) in [5.41, 5.74) is 1.28. The van der Waals surface area contributed by atoms with Crippen molar-refractivity contribution in [2.75, 3.05) is 13.4 Å². The van der Waals surface area contributed by atoms with Gasteiger partial charge in [-0.3, -0.25) is 4.79 Å². The first-order valence-electron chi connectivity index (χ1n) is 7.97. The van der Waals surface area contributed by atoms with Crippen molar-refractivity contribution in [3.63, 3.8) is 0 Å². The lowest BCUT2D eigenvalue weighted by Gasteiger charge is -2.23. The fraction of sp³-hybridized carbons (Fsp3) is 0.316. The number of amides is 1. The average Bonchev–Trinajstić information content (AvgIpc) is 2.58. The summed E-state index contributed by atoms with van der Waals surface area (Å²) < 4.78 is 28.5. The van der Waals surface area contributed by atoms with E-state index < -0.39 is 9.84 Å². The van der Waals surface area contributed by atoms with Crippen LogP contribution in [0.2, 0.25) is 0 Å². The summed E-state index contributed by atoms with van der Waals surface area (Å²) in [6, 6.07) is 13.4. The van der Waals surface area contributed by atoms with Gasteiger partial charge in [-0.15, -0.1) is 0 Å². The molecule has 1 atom stereocenters. The highest BCUT2D eigenvalue weighted by Crippen LogP contribution is 2.24. The Bertz CT molecular complexity index is 842. The van der Waals surface area contributed by atoms with Crippen LogP contribution in [0.15, 0.2) is 53.4 Å². The van der Waals surface area contributed by atoms with Crippen molar-refractivity contribution in [2.24, 2.45) is 5.92 Å². The highest BCUT2D eigenvalue weighted by molar-refractivity contribution is 7.90. The van der Waals surface area contributed by atoms with Crippen molar-refractivity contribution in [1.82, 2.24) is 5.32 Å². The van der Waals surface area contributed by atoms with E-state index >= 15 is 0 Å². The van der Waals surface area contributed by atoms with Gasteiger partial charge >= 0.3 is 0 Å². The van der Waals surface area contributed by atoms with Gasteiger partial charge in [0.05, 0.1) is 18.0 Å². The van der Waals surface area contributed by atoms with Crippen LogP contribution < -0.4 is 10.1 Å². The standard InChI is InChI=1S/C19H23NO4S/c1-13(2)18(14-8-10-16(24-3)11-9-14)20-19(21)15-6-5-7-17(12-15)25(4,22)23/h5-13,18H,1-4H3,(H,20,21). The van der Waals surface area contributed by atoms with Gasteiger partial charge in [0.25, 0.3) is 5.91 Å². The van der Waals surface area contributed by atoms with Crippen LogP contribution >= 0.6 is 0 Å². The Hall–Kier alpha value is -2.34. The second-order valence-corrected chi connectivity index (χ2v) is 8.28. The fourth-order valence-corrected chi connectivity index (χ4v) is 3.21. The number of benzene rings is 2. The molecule has 0 bridgehead atoms. The highest BCUT2D eigenvalue weighted by Gasteiger charge is 2.20. The Balaban J connectivity index is 2.26. The molecule has 0 aromatic heterocycles. The molecule has 0 spiro atoms. The number of hydrogen-bond donors (Lipinski definition) is 1. The van der Waals surface area contributed by atoms with Crippen LogP contribution in [0.4, 0.5) is 0 Å². The van der Waals surface area contributed by atoms with Gasteiger partial charge in [-0.1, -0.05) is 32.0 Å². The van der Waals surface area contributed by atoms with Crippen molar-refractivity contribution in [3.8, 4) is 5.75 Å². The monoisotopic (exact) mass is 361 g/mol. The van der Waals surface area contributed by atoms with Crippen molar-refractivity contribution >= 4 is 15.7 Å². The molecule has 1 amide bonds. The van der Waals surface area contributed by atoms with E-state index in [1.54, 1.807) is 19.2 Å². The van der Waals surface area contributed by atoms with E-state index in [4.69, 9.17) is 4.74 Å². The third-order valence-electron chi connectivity index (χ3n) is 3.95. The van der Waals surface area contributed by atoms with Crippen LogP contribution in [0, 0.1) is 5.92 Å². The minimum absolute atomic E-state index is 0.130. The summed E-state index contributed by atoms with van der Waals surface area (Å²) in [5, 5.41) is 2.99. The van der Waals surface area contributed by atoms with Gasteiger partial charge in [-0.05, 0) is 41.8 Å². The molecule has 134 valence electrons. The fourth-order valence-electron chi connectivity index (χ4n) is 2.54. The number of rotatable bonds is 6. The van der Waals surface area contributed by atoms with E-state index in [9.17, 15) is 13.2 Å². The summed E-state index contributed by atoms with van der Waals surface area (Å²) in [6.07, 6.45) is 1.12. The Labute approximate surface area is 148 Å². The molecule has 5 nitrogen and oxygen atoms in total. The van der Waals surface area contributed by atoms with Crippen LogP contribution in [0.1, 0.15) is 35.8 Å². The molecular formula is C19H23NO4S. The molecule has 0 radical (unpaired) electrons. The summed E-state index contributed by atoms with van der Waals surface area (Å²) in [4.78, 5) is 12.7. The predicted molar refractivity (Wildman–Crippen MR) is 97.6 cm³/mol. The van der Waals surface area contributed by atoms with E-state index in [0.29, 0.717) is 5.56 Å². The molecule has 2 aromatic rings. The molecular weight excluding hydrogens is 338 g/mol. The van der Waals surface area contributed by atoms with Gasteiger partial charge < -0.3 is 10.1 Å². The maximum atomic E-state index is 12.6. The highest BCUT2D eigenvalue weighted by atomic mass is 32.2. The van der Waals surface area contributed by atoms with E-state index in [1.165, 1.54) is 12.1 Å². The van der Waals surface area contributed by atoms with Crippen LogP contribution in [0.5, 0.6) is 5.75 Å². The lowest BCUT2D eigenvalue weighted by atomic mass is 9.95. The first kappa shape index (κ1) is 19.0. The van der Waals surface area contributed by atoms with E-state index in [1.807, 2.05) is 38.1 Å². The first-order valence-corrected chi connectivity index (χ1v) is 9.86. The van der Waals surface area contributed by atoms with Crippen LogP contribution in [0.3, 0.4) is 0 Å². The summed E-state index contributed by atoms with van der Waals surface area (Å²) in [7, 11) is -1.75. The SMILES string of the molecule is COc1ccc(C(NC(=O)c2cccc(S(C)(=O)=O)c2)C(C)C)cc1. The third kappa shape index (κ3) is 4.82. The van der Waals surface area contributed by atoms with Gasteiger partial charge in [0, 0.05) is 11.8 Å². The Morgan fingerprint density at radius 1 is 1.08 bits per heavy atom. The number of methoxy groups -OCH3 is 1. The molecule has 0 saturated heterocycles. The molecule has 0 aliphatic heterocycles. The lowest BCUT2D eigenvalue weighted by molar-refractivity contribution is 0.0925.